The Labute approximate surface area is 141 Å². The van der Waals surface area contributed by atoms with Gasteiger partial charge in [0.05, 0.1) is 17.0 Å². The van der Waals surface area contributed by atoms with Crippen molar-refractivity contribution in [1.82, 2.24) is 0 Å². The number of para-hydroxylation sites is 1. The molecule has 0 spiro atoms. The van der Waals surface area contributed by atoms with Crippen molar-refractivity contribution in [2.75, 3.05) is 5.32 Å². The first kappa shape index (κ1) is 16.9. The van der Waals surface area contributed by atoms with Gasteiger partial charge in [-0.2, -0.15) is 0 Å². The summed E-state index contributed by atoms with van der Waals surface area (Å²) >= 11 is 11.9. The molecule has 0 atom stereocenters. The number of rotatable bonds is 5. The summed E-state index contributed by atoms with van der Waals surface area (Å²) in [6.45, 7) is 0. The van der Waals surface area contributed by atoms with Crippen molar-refractivity contribution in [2.24, 2.45) is 0 Å². The molecule has 2 aromatic carbocycles. The van der Waals surface area contributed by atoms with Crippen molar-refractivity contribution in [1.29, 1.82) is 0 Å². The van der Waals surface area contributed by atoms with Gasteiger partial charge in [-0.1, -0.05) is 35.3 Å². The molecule has 1 N–H and O–H groups in total. The van der Waals surface area contributed by atoms with Crippen molar-refractivity contribution < 1.29 is 14.5 Å². The number of nitro benzene ring substituents is 1. The van der Waals surface area contributed by atoms with Crippen molar-refractivity contribution in [2.45, 2.75) is 6.42 Å². The molecule has 0 bridgehead atoms. The molecule has 0 aliphatic heterocycles. The Hall–Kier alpha value is -2.44. The Kier molecular flexibility index (Phi) is 5.31. The molecule has 118 valence electrons. The third-order valence-corrected chi connectivity index (χ3v) is 3.84. The topological polar surface area (TPSA) is 89.3 Å². The average Bonchev–Trinajstić information content (AvgIpc) is 2.51. The predicted molar refractivity (Wildman–Crippen MR) is 87.3 cm³/mol. The van der Waals surface area contributed by atoms with Gasteiger partial charge in [-0.05, 0) is 18.2 Å². The van der Waals surface area contributed by atoms with E-state index in [9.17, 15) is 19.7 Å². The van der Waals surface area contributed by atoms with Crippen LogP contribution in [0.1, 0.15) is 15.9 Å². The average molecular weight is 353 g/mol. The fourth-order valence-electron chi connectivity index (χ4n) is 1.96. The number of amides is 1. The molecule has 0 aliphatic rings. The maximum absolute atomic E-state index is 12.1. The van der Waals surface area contributed by atoms with E-state index in [0.717, 1.165) is 0 Å². The van der Waals surface area contributed by atoms with E-state index >= 15 is 0 Å². The van der Waals surface area contributed by atoms with Gasteiger partial charge in [0.1, 0.15) is 5.02 Å². The molecule has 0 fully saturated rings. The molecule has 1 amide bonds. The lowest BCUT2D eigenvalue weighted by Crippen LogP contribution is -2.16. The van der Waals surface area contributed by atoms with Crippen LogP contribution in [0.3, 0.4) is 0 Å². The lowest BCUT2D eigenvalue weighted by molar-refractivity contribution is -0.384. The van der Waals surface area contributed by atoms with Crippen LogP contribution in [0.2, 0.25) is 10.0 Å². The first-order valence-electron chi connectivity index (χ1n) is 6.39. The molecule has 0 saturated carbocycles. The number of carbonyl (C=O) groups excluding carboxylic acids is 2. The van der Waals surface area contributed by atoms with Crippen molar-refractivity contribution in [3.8, 4) is 0 Å². The van der Waals surface area contributed by atoms with Crippen LogP contribution in [0.15, 0.2) is 36.4 Å². The monoisotopic (exact) mass is 352 g/mol. The quantitative estimate of drug-likeness (QED) is 0.502. The first-order chi connectivity index (χ1) is 10.9. The maximum Gasteiger partial charge on any atom is 0.288 e. The summed E-state index contributed by atoms with van der Waals surface area (Å²) in [7, 11) is 0. The summed E-state index contributed by atoms with van der Waals surface area (Å²) in [5, 5.41) is 13.4. The van der Waals surface area contributed by atoms with E-state index in [1.54, 1.807) is 24.3 Å². The SMILES string of the molecule is O=Cc1ccccc1NC(=O)Cc1c(Cl)ccc([N+](=O)[O-])c1Cl. The van der Waals surface area contributed by atoms with Crippen molar-refractivity contribution in [3.05, 3.63) is 67.7 Å². The lowest BCUT2D eigenvalue weighted by Gasteiger charge is -2.10. The van der Waals surface area contributed by atoms with Gasteiger partial charge < -0.3 is 5.32 Å². The largest absolute Gasteiger partial charge is 0.325 e. The first-order valence-corrected chi connectivity index (χ1v) is 7.15. The zero-order valence-electron chi connectivity index (χ0n) is 11.6. The summed E-state index contributed by atoms with van der Waals surface area (Å²) in [6.07, 6.45) is 0.357. The second-order valence-corrected chi connectivity index (χ2v) is 5.33. The van der Waals surface area contributed by atoms with Crippen LogP contribution in [-0.2, 0) is 11.2 Å². The molecular formula is C15H10Cl2N2O4. The Bertz CT molecular complexity index is 793. The molecule has 0 aromatic heterocycles. The molecule has 23 heavy (non-hydrogen) atoms. The molecule has 0 unspecified atom stereocenters. The number of benzene rings is 2. The summed E-state index contributed by atoms with van der Waals surface area (Å²) in [6, 6.07) is 8.93. The maximum atomic E-state index is 12.1. The molecule has 0 radical (unpaired) electrons. The number of nitrogens with one attached hydrogen (secondary N) is 1. The van der Waals surface area contributed by atoms with E-state index in [1.807, 2.05) is 0 Å². The van der Waals surface area contributed by atoms with Gasteiger partial charge in [0.25, 0.3) is 5.69 Å². The van der Waals surface area contributed by atoms with Crippen molar-refractivity contribution in [3.63, 3.8) is 0 Å². The van der Waals surface area contributed by atoms with Crippen LogP contribution in [0.25, 0.3) is 0 Å². The van der Waals surface area contributed by atoms with Gasteiger partial charge >= 0.3 is 0 Å². The van der Waals surface area contributed by atoms with E-state index in [2.05, 4.69) is 5.32 Å². The summed E-state index contributed by atoms with van der Waals surface area (Å²) in [4.78, 5) is 33.3. The molecule has 8 heteroatoms. The third kappa shape index (κ3) is 3.85. The number of aldehydes is 1. The minimum absolute atomic E-state index is 0.152. The van der Waals surface area contributed by atoms with Crippen LogP contribution in [0.4, 0.5) is 11.4 Å². The fraction of sp³-hybridized carbons (Fsp3) is 0.0667. The van der Waals surface area contributed by atoms with Crippen LogP contribution < -0.4 is 5.32 Å². The van der Waals surface area contributed by atoms with Gasteiger partial charge in [-0.15, -0.1) is 0 Å². The molecular weight excluding hydrogens is 343 g/mol. The van der Waals surface area contributed by atoms with Crippen molar-refractivity contribution >= 4 is 46.8 Å². The van der Waals surface area contributed by atoms with E-state index < -0.39 is 10.8 Å². The molecule has 2 aromatic rings. The van der Waals surface area contributed by atoms with Gasteiger partial charge in [0.2, 0.25) is 5.91 Å². The number of hydrogen-bond donors (Lipinski definition) is 1. The van der Waals surface area contributed by atoms with E-state index in [1.165, 1.54) is 12.1 Å². The molecule has 0 heterocycles. The predicted octanol–water partition coefficient (Wildman–Crippen LogP) is 3.90. The highest BCUT2D eigenvalue weighted by Gasteiger charge is 2.20. The van der Waals surface area contributed by atoms with Gasteiger partial charge in [-0.25, -0.2) is 0 Å². The Morgan fingerprint density at radius 3 is 2.57 bits per heavy atom. The van der Waals surface area contributed by atoms with Crippen LogP contribution in [-0.4, -0.2) is 17.1 Å². The van der Waals surface area contributed by atoms with E-state index in [0.29, 0.717) is 17.5 Å². The minimum Gasteiger partial charge on any atom is -0.325 e. The van der Waals surface area contributed by atoms with Crippen LogP contribution >= 0.6 is 23.2 Å². The highest BCUT2D eigenvalue weighted by molar-refractivity contribution is 6.37. The fourth-order valence-corrected chi connectivity index (χ4v) is 2.53. The summed E-state index contributed by atoms with van der Waals surface area (Å²) < 4.78 is 0. The third-order valence-electron chi connectivity index (χ3n) is 3.06. The number of nitrogens with zero attached hydrogens (tertiary/aromatic N) is 1. The van der Waals surface area contributed by atoms with Gasteiger partial charge in [0.15, 0.2) is 6.29 Å². The van der Waals surface area contributed by atoms with Crippen LogP contribution in [0.5, 0.6) is 0 Å². The highest BCUT2D eigenvalue weighted by atomic mass is 35.5. The zero-order chi connectivity index (χ0) is 17.0. The second kappa shape index (κ2) is 7.21. The summed E-state index contributed by atoms with van der Waals surface area (Å²) in [5.74, 6) is -0.497. The lowest BCUT2D eigenvalue weighted by atomic mass is 10.1. The Morgan fingerprint density at radius 1 is 1.22 bits per heavy atom. The second-order valence-electron chi connectivity index (χ2n) is 4.55. The van der Waals surface area contributed by atoms with E-state index in [-0.39, 0.29) is 27.7 Å². The number of anilines is 1. The zero-order valence-corrected chi connectivity index (χ0v) is 13.1. The number of hydrogen-bond acceptors (Lipinski definition) is 4. The normalized spacial score (nSPS) is 10.2. The van der Waals surface area contributed by atoms with Crippen LogP contribution in [0, 0.1) is 10.1 Å². The number of halogens is 2. The van der Waals surface area contributed by atoms with Gasteiger partial charge in [-0.3, -0.25) is 19.7 Å². The van der Waals surface area contributed by atoms with Gasteiger partial charge in [0, 0.05) is 22.2 Å². The molecule has 0 saturated heterocycles. The number of carbonyl (C=O) groups is 2. The Balaban J connectivity index is 2.25. The molecule has 2 rings (SSSR count). The summed E-state index contributed by atoms with van der Waals surface area (Å²) in [5.41, 5.74) is 0.484. The highest BCUT2D eigenvalue weighted by Crippen LogP contribution is 2.33. The smallest absolute Gasteiger partial charge is 0.288 e. The molecule has 6 nitrogen and oxygen atoms in total. The molecule has 0 aliphatic carbocycles. The Morgan fingerprint density at radius 2 is 1.91 bits per heavy atom. The van der Waals surface area contributed by atoms with E-state index in [4.69, 9.17) is 23.2 Å². The standard InChI is InChI=1S/C15H10Cl2N2O4/c16-11-5-6-13(19(22)23)15(17)10(11)7-14(21)18-12-4-2-1-3-9(12)8-20/h1-6,8H,7H2,(H,18,21). The minimum atomic E-state index is -0.651. The number of nitro groups is 1.